The highest BCUT2D eigenvalue weighted by atomic mass is 28.4. The highest BCUT2D eigenvalue weighted by Crippen LogP contribution is 2.52. The molecule has 0 spiro atoms. The minimum Gasteiger partial charge on any atom is -0.340 e. The first-order valence-corrected chi connectivity index (χ1v) is 11.6. The van der Waals surface area contributed by atoms with Gasteiger partial charge in [0.2, 0.25) is 0 Å². The second kappa shape index (κ2) is 4.13. The molecule has 1 radical (unpaired) electrons. The minimum absolute atomic E-state index is 0.316. The zero-order valence-corrected chi connectivity index (χ0v) is 13.0. The van der Waals surface area contributed by atoms with Crippen LogP contribution in [0.5, 0.6) is 0 Å². The van der Waals surface area contributed by atoms with Gasteiger partial charge in [-0.05, 0) is 11.1 Å². The van der Waals surface area contributed by atoms with E-state index in [1.54, 1.807) is 0 Å². The van der Waals surface area contributed by atoms with Crippen LogP contribution < -0.4 is 0 Å². The predicted octanol–water partition coefficient (Wildman–Crippen LogP) is 3.89. The van der Waals surface area contributed by atoms with Crippen LogP contribution in [0.15, 0.2) is 30.3 Å². The Morgan fingerprint density at radius 3 is 2.19 bits per heavy atom. The van der Waals surface area contributed by atoms with Crippen LogP contribution >= 0.6 is 0 Å². The molecule has 1 heterocycles. The van der Waals surface area contributed by atoms with Crippen LogP contribution in [-0.2, 0) is 0 Å². The van der Waals surface area contributed by atoms with Gasteiger partial charge in [0.1, 0.15) is 17.2 Å². The molecular weight excluding hydrogens is 226 g/mol. The van der Waals surface area contributed by atoms with Crippen molar-refractivity contribution >= 4 is 17.2 Å². The molecule has 0 bridgehead atoms. The lowest BCUT2D eigenvalue weighted by molar-refractivity contribution is 0.351. The summed E-state index contributed by atoms with van der Waals surface area (Å²) in [5.74, 6) is 0. The topological polar surface area (TPSA) is 3.24 Å². The van der Waals surface area contributed by atoms with Crippen LogP contribution in [0.25, 0.3) is 0 Å². The van der Waals surface area contributed by atoms with Crippen molar-refractivity contribution in [2.75, 3.05) is 0 Å². The van der Waals surface area contributed by atoms with Gasteiger partial charge in [-0.25, -0.2) is 0 Å². The maximum Gasteiger partial charge on any atom is 0.123 e. The molecule has 1 aliphatic heterocycles. The third-order valence-electron chi connectivity index (χ3n) is 4.11. The lowest BCUT2D eigenvalue weighted by Gasteiger charge is -2.61. The van der Waals surface area contributed by atoms with E-state index in [0.29, 0.717) is 6.04 Å². The second-order valence-electron chi connectivity index (χ2n) is 5.62. The number of hydrogen-bond donors (Lipinski definition) is 0. The monoisotopic (exact) mass is 248 g/mol. The van der Waals surface area contributed by atoms with Crippen molar-refractivity contribution in [1.29, 1.82) is 0 Å². The Bertz CT molecular complexity index is 361. The highest BCUT2D eigenvalue weighted by molar-refractivity contribution is 6.87. The molecule has 1 aromatic carbocycles. The second-order valence-corrected chi connectivity index (χ2v) is 13.1. The van der Waals surface area contributed by atoms with E-state index in [4.69, 9.17) is 0 Å². The van der Waals surface area contributed by atoms with E-state index in [1.807, 2.05) is 0 Å². The maximum atomic E-state index is 2.87. The van der Waals surface area contributed by atoms with E-state index in [0.717, 1.165) is 5.54 Å². The largest absolute Gasteiger partial charge is 0.340 e. The van der Waals surface area contributed by atoms with E-state index in [2.05, 4.69) is 67.7 Å². The van der Waals surface area contributed by atoms with Crippen LogP contribution in [0, 0.1) is 0 Å². The van der Waals surface area contributed by atoms with Crippen LogP contribution in [0.4, 0.5) is 0 Å². The van der Waals surface area contributed by atoms with Gasteiger partial charge in [0.25, 0.3) is 0 Å². The maximum absolute atomic E-state index is 2.87. The van der Waals surface area contributed by atoms with Crippen LogP contribution in [0.3, 0.4) is 0 Å². The highest BCUT2D eigenvalue weighted by Gasteiger charge is 2.54. The third-order valence-corrected chi connectivity index (χ3v) is 12.5. The number of hydrogen-bond acceptors (Lipinski definition) is 1. The molecule has 1 aromatic rings. The summed E-state index contributed by atoms with van der Waals surface area (Å²) in [4.78, 5) is 0. The fourth-order valence-electron chi connectivity index (χ4n) is 3.05. The van der Waals surface area contributed by atoms with Gasteiger partial charge in [0, 0.05) is 6.04 Å². The summed E-state index contributed by atoms with van der Waals surface area (Å²) in [6.07, 6.45) is 0. The molecule has 2 rings (SSSR count). The number of benzene rings is 1. The molecule has 0 amide bonds. The van der Waals surface area contributed by atoms with Crippen molar-refractivity contribution in [3.05, 3.63) is 35.9 Å². The van der Waals surface area contributed by atoms with Crippen LogP contribution in [0.2, 0.25) is 31.7 Å². The normalized spacial score (nSPS) is 29.1. The molecule has 87 valence electrons. The molecule has 0 saturated carbocycles. The summed E-state index contributed by atoms with van der Waals surface area (Å²) in [5.41, 5.74) is 2.41. The Balaban J connectivity index is 2.29. The molecule has 16 heavy (non-hydrogen) atoms. The average molecular weight is 248 g/mol. The van der Waals surface area contributed by atoms with Crippen molar-refractivity contribution < 1.29 is 0 Å². The van der Waals surface area contributed by atoms with Crippen molar-refractivity contribution in [2.45, 2.75) is 44.7 Å². The number of rotatable bonds is 2. The van der Waals surface area contributed by atoms with Gasteiger partial charge >= 0.3 is 0 Å². The molecule has 1 aliphatic rings. The van der Waals surface area contributed by atoms with Crippen LogP contribution in [-0.4, -0.2) is 21.4 Å². The number of nitrogens with zero attached hydrogens (tertiary/aromatic N) is 1. The first-order chi connectivity index (χ1) is 7.46. The smallest absolute Gasteiger partial charge is 0.123 e. The Morgan fingerprint density at radius 2 is 1.69 bits per heavy atom. The molecule has 0 N–H and O–H groups in total. The van der Waals surface area contributed by atoms with Gasteiger partial charge in [0.05, 0.1) is 0 Å². The van der Waals surface area contributed by atoms with Crippen molar-refractivity contribution in [3.63, 3.8) is 0 Å². The van der Waals surface area contributed by atoms with Gasteiger partial charge in [0.15, 0.2) is 0 Å². The van der Waals surface area contributed by atoms with E-state index < -0.39 is 8.24 Å². The average Bonchev–Trinajstić information content (AvgIpc) is 2.25. The summed E-state index contributed by atoms with van der Waals surface area (Å²) < 4.78 is 2.87. The molecule has 0 aliphatic carbocycles. The molecular formula is C13H22NSi2. The summed E-state index contributed by atoms with van der Waals surface area (Å²) >= 11 is 0. The molecule has 1 fully saturated rings. The van der Waals surface area contributed by atoms with E-state index in [-0.39, 0.29) is 8.96 Å². The van der Waals surface area contributed by atoms with Crippen LogP contribution in [0.1, 0.15) is 18.5 Å². The third kappa shape index (κ3) is 1.71. The zero-order valence-electron chi connectivity index (χ0n) is 11.0. The fourth-order valence-corrected chi connectivity index (χ4v) is 11.8. The Hall–Kier alpha value is -0.386. The zero-order chi connectivity index (χ0) is 11.9. The van der Waals surface area contributed by atoms with E-state index in [1.165, 1.54) is 5.56 Å². The first-order valence-electron chi connectivity index (χ1n) is 6.10. The summed E-state index contributed by atoms with van der Waals surface area (Å²) in [6.45, 7) is 12.4. The van der Waals surface area contributed by atoms with Gasteiger partial charge in [-0.2, -0.15) is 0 Å². The Morgan fingerprint density at radius 1 is 1.12 bits per heavy atom. The molecule has 2 atom stereocenters. The van der Waals surface area contributed by atoms with Gasteiger partial charge in [-0.3, -0.25) is 0 Å². The lowest BCUT2D eigenvalue weighted by atomic mass is 10.0. The molecule has 1 nitrogen and oxygen atoms in total. The summed E-state index contributed by atoms with van der Waals surface area (Å²) in [6, 6.07) is 11.7. The van der Waals surface area contributed by atoms with E-state index in [9.17, 15) is 0 Å². The van der Waals surface area contributed by atoms with E-state index >= 15 is 0 Å². The standard InChI is InChI=1S/C13H22NSi2/c1-11-13(12-9-7-6-8-10-12)14(15(2)3)16(11,4)5/h6-11,13H,1-5H3/t11-,13+/m0/s1. The molecule has 3 heteroatoms. The molecule has 1 saturated heterocycles. The summed E-state index contributed by atoms with van der Waals surface area (Å²) in [7, 11) is -1.43. The minimum atomic E-state index is -1.11. The Labute approximate surface area is 102 Å². The van der Waals surface area contributed by atoms with Gasteiger partial charge in [-0.1, -0.05) is 63.4 Å². The predicted molar refractivity (Wildman–Crippen MR) is 75.4 cm³/mol. The molecule has 0 unspecified atom stereocenters. The summed E-state index contributed by atoms with van der Waals surface area (Å²) in [5, 5.41) is 0. The SMILES string of the molecule is C[C@H]1[C@H](c2ccccc2)N([Si](C)C)[Si]1(C)C. The quantitative estimate of drug-likeness (QED) is 0.718. The lowest BCUT2D eigenvalue weighted by Crippen LogP contribution is -2.69. The van der Waals surface area contributed by atoms with Crippen molar-refractivity contribution in [1.82, 2.24) is 4.23 Å². The molecule has 0 aromatic heterocycles. The van der Waals surface area contributed by atoms with Gasteiger partial charge < -0.3 is 4.23 Å². The Kier molecular flexibility index (Phi) is 3.12. The first kappa shape index (κ1) is 12.1. The van der Waals surface area contributed by atoms with Crippen molar-refractivity contribution in [2.24, 2.45) is 0 Å². The fraction of sp³-hybridized carbons (Fsp3) is 0.538. The van der Waals surface area contributed by atoms with Gasteiger partial charge in [-0.15, -0.1) is 0 Å². The van der Waals surface area contributed by atoms with Crippen molar-refractivity contribution in [3.8, 4) is 0 Å².